The summed E-state index contributed by atoms with van der Waals surface area (Å²) in [5.74, 6) is 0.847. The topological polar surface area (TPSA) is 9.23 Å². The van der Waals surface area contributed by atoms with Gasteiger partial charge in [-0.2, -0.15) is 0 Å². The highest BCUT2D eigenvalue weighted by Crippen LogP contribution is 2.18. The maximum Gasteiger partial charge on any atom is 0.138 e. The predicted molar refractivity (Wildman–Crippen MR) is 48.4 cm³/mol. The first-order chi connectivity index (χ1) is 4.83. The fraction of sp³-hybridized carbons (Fsp3) is 0.143. The first kappa shape index (κ1) is 7.82. The molecule has 0 heterocycles. The van der Waals surface area contributed by atoms with Gasteiger partial charge in [0.05, 0.1) is 0 Å². The summed E-state index contributed by atoms with van der Waals surface area (Å²) < 4.78 is 5.07. The van der Waals surface area contributed by atoms with Gasteiger partial charge in [-0.25, -0.2) is 0 Å². The molecule has 0 saturated heterocycles. The van der Waals surface area contributed by atoms with Crippen LogP contribution in [0.5, 0.6) is 5.75 Å². The zero-order valence-electron chi connectivity index (χ0n) is 5.57. The van der Waals surface area contributed by atoms with Crippen LogP contribution in [0.25, 0.3) is 0 Å². The Morgan fingerprint density at radius 2 is 2.30 bits per heavy atom. The van der Waals surface area contributed by atoms with Crippen molar-refractivity contribution in [3.05, 3.63) is 29.8 Å². The summed E-state index contributed by atoms with van der Waals surface area (Å²) in [6.07, 6.45) is 0. The molecule has 1 rings (SSSR count). The number of benzene rings is 1. The minimum absolute atomic E-state index is 0.847. The van der Waals surface area contributed by atoms with Crippen molar-refractivity contribution in [2.24, 2.45) is 0 Å². The summed E-state index contributed by atoms with van der Waals surface area (Å²) in [6, 6.07) is 7.84. The quantitative estimate of drug-likeness (QED) is 0.417. The van der Waals surface area contributed by atoms with Gasteiger partial charge in [0, 0.05) is 0 Å². The fourth-order valence-corrected chi connectivity index (χ4v) is 1.16. The third kappa shape index (κ3) is 2.15. The third-order valence-corrected chi connectivity index (χ3v) is 1.61. The van der Waals surface area contributed by atoms with Crippen LogP contribution in [-0.2, 0) is 0 Å². The molecule has 54 valence electrons. The van der Waals surface area contributed by atoms with Crippen molar-refractivity contribution < 1.29 is 4.18 Å². The van der Waals surface area contributed by atoms with Crippen LogP contribution in [-0.4, -0.2) is 0 Å². The lowest BCUT2D eigenvalue weighted by molar-refractivity contribution is 0.655. The van der Waals surface area contributed by atoms with E-state index >= 15 is 0 Å². The molecule has 3 heteroatoms. The lowest BCUT2D eigenvalue weighted by atomic mass is 10.2. The van der Waals surface area contributed by atoms with E-state index in [1.807, 2.05) is 31.2 Å². The van der Waals surface area contributed by atoms with Crippen molar-refractivity contribution in [3.8, 4) is 5.75 Å². The molecular weight excluding hydrogens is 164 g/mol. The molecule has 0 radical (unpaired) electrons. The van der Waals surface area contributed by atoms with Crippen LogP contribution in [0.2, 0.25) is 0 Å². The molecule has 0 spiro atoms. The highest BCUT2D eigenvalue weighted by Gasteiger charge is 1.90. The van der Waals surface area contributed by atoms with E-state index in [-0.39, 0.29) is 0 Å². The Balaban J connectivity index is 2.75. The zero-order valence-corrected chi connectivity index (χ0v) is 7.28. The van der Waals surface area contributed by atoms with Gasteiger partial charge < -0.3 is 4.18 Å². The Morgan fingerprint density at radius 3 is 2.90 bits per heavy atom. The van der Waals surface area contributed by atoms with Crippen molar-refractivity contribution >= 4 is 22.7 Å². The number of hydrogen-bond acceptors (Lipinski definition) is 3. The van der Waals surface area contributed by atoms with E-state index in [0.717, 1.165) is 16.8 Å². The number of rotatable bonds is 2. The minimum atomic E-state index is 0.847. The highest BCUT2D eigenvalue weighted by molar-refractivity contribution is 8.66. The molecule has 0 aliphatic carbocycles. The van der Waals surface area contributed by atoms with E-state index in [2.05, 4.69) is 11.7 Å². The summed E-state index contributed by atoms with van der Waals surface area (Å²) in [6.45, 7) is 2.02. The van der Waals surface area contributed by atoms with Gasteiger partial charge in [0.15, 0.2) is 0 Å². The van der Waals surface area contributed by atoms with Gasteiger partial charge in [0.2, 0.25) is 0 Å². The summed E-state index contributed by atoms with van der Waals surface area (Å²) >= 11 is 4.92. The van der Waals surface area contributed by atoms with E-state index in [1.165, 1.54) is 5.56 Å². The smallest absolute Gasteiger partial charge is 0.138 e. The lowest BCUT2D eigenvalue weighted by Gasteiger charge is -1.98. The first-order valence-corrected chi connectivity index (χ1v) is 4.67. The van der Waals surface area contributed by atoms with Gasteiger partial charge in [-0.1, -0.05) is 23.8 Å². The molecule has 10 heavy (non-hydrogen) atoms. The summed E-state index contributed by atoms with van der Waals surface area (Å²) in [5.41, 5.74) is 1.19. The first-order valence-electron chi connectivity index (χ1n) is 2.87. The van der Waals surface area contributed by atoms with Crippen LogP contribution in [0.3, 0.4) is 0 Å². The highest BCUT2D eigenvalue weighted by atomic mass is 33.1. The molecule has 1 aromatic carbocycles. The molecular formula is C7H8OS2. The third-order valence-electron chi connectivity index (χ3n) is 1.12. The second-order valence-electron chi connectivity index (χ2n) is 1.97. The van der Waals surface area contributed by atoms with Crippen molar-refractivity contribution in [3.63, 3.8) is 0 Å². The van der Waals surface area contributed by atoms with E-state index < -0.39 is 0 Å². The standard InChI is InChI=1S/C7H8OS2/c1-6-3-2-4-7(5-6)8-10-9/h2-5,9H,1H3. The van der Waals surface area contributed by atoms with Gasteiger partial charge in [-0.05, 0) is 24.6 Å². The molecule has 0 unspecified atom stereocenters. The predicted octanol–water partition coefficient (Wildman–Crippen LogP) is 2.87. The molecule has 1 nitrogen and oxygen atoms in total. The number of hydrogen-bond donors (Lipinski definition) is 1. The van der Waals surface area contributed by atoms with Crippen LogP contribution in [0, 0.1) is 6.92 Å². The van der Waals surface area contributed by atoms with Crippen LogP contribution in [0.15, 0.2) is 24.3 Å². The van der Waals surface area contributed by atoms with E-state index in [0.29, 0.717) is 0 Å². The van der Waals surface area contributed by atoms with Crippen molar-refractivity contribution in [1.29, 1.82) is 0 Å². The summed E-state index contributed by atoms with van der Waals surface area (Å²) in [4.78, 5) is 0. The van der Waals surface area contributed by atoms with E-state index in [1.54, 1.807) is 0 Å². The summed E-state index contributed by atoms with van der Waals surface area (Å²) in [7, 11) is 0. The van der Waals surface area contributed by atoms with Gasteiger partial charge in [-0.3, -0.25) is 0 Å². The minimum Gasteiger partial charge on any atom is -0.415 e. The number of aryl methyl sites for hydroxylation is 1. The molecule has 0 fully saturated rings. The maximum absolute atomic E-state index is 5.07. The van der Waals surface area contributed by atoms with Crippen molar-refractivity contribution in [2.75, 3.05) is 0 Å². The molecule has 0 aliphatic heterocycles. The van der Waals surface area contributed by atoms with Crippen LogP contribution in [0.1, 0.15) is 5.56 Å². The van der Waals surface area contributed by atoms with Crippen molar-refractivity contribution in [1.82, 2.24) is 0 Å². The second-order valence-corrected chi connectivity index (χ2v) is 2.74. The monoisotopic (exact) mass is 172 g/mol. The molecule has 1 aromatic rings. The Hall–Kier alpha value is -0.280. The Kier molecular flexibility index (Phi) is 2.96. The lowest BCUT2D eigenvalue weighted by Crippen LogP contribution is -1.77. The van der Waals surface area contributed by atoms with Crippen LogP contribution >= 0.6 is 22.7 Å². The molecule has 0 amide bonds. The molecule has 0 saturated carbocycles. The molecule has 0 aliphatic rings. The maximum atomic E-state index is 5.07. The van der Waals surface area contributed by atoms with Gasteiger partial charge in [0.1, 0.15) is 16.8 Å². The van der Waals surface area contributed by atoms with Crippen LogP contribution < -0.4 is 4.18 Å². The largest absolute Gasteiger partial charge is 0.415 e. The number of thiol groups is 1. The Labute approximate surface area is 69.8 Å². The van der Waals surface area contributed by atoms with Gasteiger partial charge >= 0.3 is 0 Å². The van der Waals surface area contributed by atoms with Gasteiger partial charge in [-0.15, -0.1) is 0 Å². The zero-order chi connectivity index (χ0) is 7.40. The average molecular weight is 172 g/mol. The van der Waals surface area contributed by atoms with Crippen molar-refractivity contribution in [2.45, 2.75) is 6.92 Å². The van der Waals surface area contributed by atoms with Crippen LogP contribution in [0.4, 0.5) is 0 Å². The van der Waals surface area contributed by atoms with E-state index in [9.17, 15) is 0 Å². The molecule has 0 bridgehead atoms. The van der Waals surface area contributed by atoms with Gasteiger partial charge in [0.25, 0.3) is 0 Å². The summed E-state index contributed by atoms with van der Waals surface area (Å²) in [5, 5.41) is 0. The molecule has 0 N–H and O–H groups in total. The molecule has 0 atom stereocenters. The normalized spacial score (nSPS) is 9.40. The Morgan fingerprint density at radius 1 is 1.50 bits per heavy atom. The average Bonchev–Trinajstić information content (AvgIpc) is 1.88. The fourth-order valence-electron chi connectivity index (χ4n) is 0.710. The van der Waals surface area contributed by atoms with E-state index in [4.69, 9.17) is 4.18 Å². The molecule has 0 aromatic heterocycles. The SMILES string of the molecule is Cc1cccc(OSS)c1. The second kappa shape index (κ2) is 3.78. The Bertz CT molecular complexity index is 213.